The fourth-order valence-corrected chi connectivity index (χ4v) is 4.17. The number of aliphatic carboxylic acids is 1. The van der Waals surface area contributed by atoms with Crippen LogP contribution in [0.4, 0.5) is 0 Å². The predicted molar refractivity (Wildman–Crippen MR) is 122 cm³/mol. The van der Waals surface area contributed by atoms with Crippen molar-refractivity contribution in [3.05, 3.63) is 68.9 Å². The molecule has 0 radical (unpaired) electrons. The van der Waals surface area contributed by atoms with Gasteiger partial charge in [0.05, 0.1) is 30.6 Å². The number of carboxylic acids is 1. The summed E-state index contributed by atoms with van der Waals surface area (Å²) in [6.07, 6.45) is 1.28. The summed E-state index contributed by atoms with van der Waals surface area (Å²) >= 11 is 6.13. The summed E-state index contributed by atoms with van der Waals surface area (Å²) in [6, 6.07) is 9.68. The van der Waals surface area contributed by atoms with Gasteiger partial charge in [0.25, 0.3) is 5.56 Å². The number of nitrogens with zero attached hydrogens (tertiary/aromatic N) is 3. The molecule has 3 rings (SSSR count). The van der Waals surface area contributed by atoms with Gasteiger partial charge in [-0.1, -0.05) is 37.5 Å². The maximum absolute atomic E-state index is 13.4. The van der Waals surface area contributed by atoms with Crippen LogP contribution >= 0.6 is 11.6 Å². The zero-order chi connectivity index (χ0) is 24.6. The molecule has 172 valence electrons. The molecule has 0 aliphatic rings. The van der Waals surface area contributed by atoms with Gasteiger partial charge < -0.3 is 14.4 Å². The monoisotopic (exact) mass is 469 g/mol. The Morgan fingerprint density at radius 3 is 2.48 bits per heavy atom. The van der Waals surface area contributed by atoms with Crippen LogP contribution in [0.5, 0.6) is 5.75 Å². The van der Waals surface area contributed by atoms with Crippen molar-refractivity contribution in [2.24, 2.45) is 5.41 Å². The minimum Gasteiger partial charge on any atom is -0.495 e. The summed E-state index contributed by atoms with van der Waals surface area (Å²) in [5.41, 5.74) is -1.76. The Kier molecular flexibility index (Phi) is 6.39. The van der Waals surface area contributed by atoms with Gasteiger partial charge in [0.15, 0.2) is 5.54 Å². The van der Waals surface area contributed by atoms with E-state index in [1.54, 1.807) is 52.0 Å². The van der Waals surface area contributed by atoms with E-state index >= 15 is 0 Å². The molecule has 1 aromatic carbocycles. The smallest absolute Gasteiger partial charge is 0.330 e. The van der Waals surface area contributed by atoms with Crippen LogP contribution in [-0.2, 0) is 16.8 Å². The van der Waals surface area contributed by atoms with Crippen molar-refractivity contribution in [3.63, 3.8) is 0 Å². The maximum Gasteiger partial charge on any atom is 0.330 e. The SMILES string of the molecule is COc1cn(C(Cc2cc(C)on2)(C(=O)O)C(C)(C)C)c(=O)cc1-c1cc(Cl)ccc1C#N. The molecule has 9 heteroatoms. The average molecular weight is 470 g/mol. The maximum atomic E-state index is 13.4. The van der Waals surface area contributed by atoms with E-state index in [9.17, 15) is 20.0 Å². The standard InChI is InChI=1S/C24H24ClN3O5/c1-14-8-17(27-33-14)11-24(22(30)31,23(2,3)4)28-13-20(32-5)19(10-21(28)29)18-9-16(25)7-6-15(18)12-26/h6-10,13H,11H2,1-5H3,(H,30,31). The van der Waals surface area contributed by atoms with Crippen LogP contribution in [0.3, 0.4) is 0 Å². The molecule has 0 aliphatic heterocycles. The molecule has 0 amide bonds. The van der Waals surface area contributed by atoms with Crippen LogP contribution in [0.25, 0.3) is 11.1 Å². The van der Waals surface area contributed by atoms with Gasteiger partial charge in [-0.3, -0.25) is 9.36 Å². The predicted octanol–water partition coefficient (Wildman–Crippen LogP) is 4.41. The van der Waals surface area contributed by atoms with Crippen molar-refractivity contribution in [2.75, 3.05) is 7.11 Å². The fourth-order valence-electron chi connectivity index (χ4n) is 4.00. The first-order chi connectivity index (χ1) is 15.4. The number of ether oxygens (including phenoxy) is 1. The van der Waals surface area contributed by atoms with E-state index in [0.717, 1.165) is 4.57 Å². The zero-order valence-electron chi connectivity index (χ0n) is 19.0. The van der Waals surface area contributed by atoms with E-state index in [-0.39, 0.29) is 12.2 Å². The summed E-state index contributed by atoms with van der Waals surface area (Å²) in [5, 5.41) is 24.3. The Balaban J connectivity index is 2.33. The van der Waals surface area contributed by atoms with E-state index in [1.165, 1.54) is 19.4 Å². The van der Waals surface area contributed by atoms with Crippen LogP contribution in [0.2, 0.25) is 5.02 Å². The summed E-state index contributed by atoms with van der Waals surface area (Å²) in [6.45, 7) is 6.93. The summed E-state index contributed by atoms with van der Waals surface area (Å²) in [4.78, 5) is 26.3. The molecular weight excluding hydrogens is 446 g/mol. The van der Waals surface area contributed by atoms with Crippen molar-refractivity contribution in [1.29, 1.82) is 5.26 Å². The van der Waals surface area contributed by atoms with Gasteiger partial charge in [0.2, 0.25) is 0 Å². The van der Waals surface area contributed by atoms with Crippen molar-refractivity contribution in [2.45, 2.75) is 39.7 Å². The highest BCUT2D eigenvalue weighted by molar-refractivity contribution is 6.31. The highest BCUT2D eigenvalue weighted by Gasteiger charge is 2.52. The lowest BCUT2D eigenvalue weighted by molar-refractivity contribution is -0.154. The Labute approximate surface area is 196 Å². The molecule has 0 spiro atoms. The molecule has 0 bridgehead atoms. The lowest BCUT2D eigenvalue weighted by Crippen LogP contribution is -2.57. The Hall–Kier alpha value is -3.57. The number of nitriles is 1. The van der Waals surface area contributed by atoms with Crippen LogP contribution in [-0.4, -0.2) is 27.9 Å². The molecule has 33 heavy (non-hydrogen) atoms. The average Bonchev–Trinajstić information content (AvgIpc) is 3.15. The van der Waals surface area contributed by atoms with Gasteiger partial charge in [0.1, 0.15) is 11.5 Å². The van der Waals surface area contributed by atoms with Crippen molar-refractivity contribution in [1.82, 2.24) is 9.72 Å². The van der Waals surface area contributed by atoms with Gasteiger partial charge in [-0.15, -0.1) is 0 Å². The Bertz CT molecular complexity index is 1310. The molecule has 2 heterocycles. The van der Waals surface area contributed by atoms with Crippen molar-refractivity contribution in [3.8, 4) is 22.9 Å². The molecule has 8 nitrogen and oxygen atoms in total. The third-order valence-corrected chi connectivity index (χ3v) is 5.98. The summed E-state index contributed by atoms with van der Waals surface area (Å²) < 4.78 is 11.8. The summed E-state index contributed by atoms with van der Waals surface area (Å²) in [7, 11) is 1.41. The number of aryl methyl sites for hydroxylation is 1. The van der Waals surface area contributed by atoms with Gasteiger partial charge >= 0.3 is 5.97 Å². The highest BCUT2D eigenvalue weighted by atomic mass is 35.5. The Morgan fingerprint density at radius 1 is 1.27 bits per heavy atom. The second-order valence-corrected chi connectivity index (χ2v) is 9.22. The second-order valence-electron chi connectivity index (χ2n) is 8.79. The molecule has 3 aromatic rings. The molecule has 0 saturated carbocycles. The number of carbonyl (C=O) groups is 1. The van der Waals surface area contributed by atoms with E-state index in [4.69, 9.17) is 20.9 Å². The molecule has 1 atom stereocenters. The van der Waals surface area contributed by atoms with E-state index in [0.29, 0.717) is 33.2 Å². The zero-order valence-corrected chi connectivity index (χ0v) is 19.7. The minimum atomic E-state index is -1.72. The van der Waals surface area contributed by atoms with Gasteiger partial charge in [-0.25, -0.2) is 4.79 Å². The molecular formula is C24H24ClN3O5. The van der Waals surface area contributed by atoms with Crippen LogP contribution < -0.4 is 10.3 Å². The number of methoxy groups -OCH3 is 1. The normalized spacial score (nSPS) is 13.2. The fraction of sp³-hybridized carbons (Fsp3) is 0.333. The van der Waals surface area contributed by atoms with E-state index in [2.05, 4.69) is 11.2 Å². The minimum absolute atomic E-state index is 0.0911. The summed E-state index contributed by atoms with van der Waals surface area (Å²) in [5.74, 6) is -0.448. The van der Waals surface area contributed by atoms with E-state index < -0.39 is 22.5 Å². The number of hydrogen-bond donors (Lipinski definition) is 1. The molecule has 0 fully saturated rings. The van der Waals surface area contributed by atoms with E-state index in [1.807, 2.05) is 0 Å². The number of aromatic nitrogens is 2. The number of hydrogen-bond acceptors (Lipinski definition) is 6. The van der Waals surface area contributed by atoms with Crippen molar-refractivity contribution >= 4 is 17.6 Å². The number of carboxylic acid groups (broad SMARTS) is 1. The first-order valence-electron chi connectivity index (χ1n) is 10.1. The largest absolute Gasteiger partial charge is 0.495 e. The second kappa shape index (κ2) is 8.75. The molecule has 1 unspecified atom stereocenters. The number of pyridine rings is 1. The number of benzene rings is 1. The van der Waals surface area contributed by atoms with Gasteiger partial charge in [-0.2, -0.15) is 5.26 Å². The van der Waals surface area contributed by atoms with Gasteiger partial charge in [-0.05, 0) is 30.5 Å². The number of halogens is 1. The third-order valence-electron chi connectivity index (χ3n) is 5.75. The van der Waals surface area contributed by atoms with Crippen molar-refractivity contribution < 1.29 is 19.2 Å². The highest BCUT2D eigenvalue weighted by Crippen LogP contribution is 2.42. The first kappa shape index (κ1) is 24.1. The molecule has 2 aromatic heterocycles. The van der Waals surface area contributed by atoms with Crippen LogP contribution in [0.15, 0.2) is 45.8 Å². The molecule has 0 saturated heterocycles. The lowest BCUT2D eigenvalue weighted by Gasteiger charge is -2.42. The number of rotatable bonds is 6. The Morgan fingerprint density at radius 2 is 1.97 bits per heavy atom. The molecule has 0 aliphatic carbocycles. The van der Waals surface area contributed by atoms with Crippen LogP contribution in [0, 0.1) is 23.7 Å². The van der Waals surface area contributed by atoms with Gasteiger partial charge in [0, 0.05) is 34.7 Å². The quantitative estimate of drug-likeness (QED) is 0.567. The topological polar surface area (TPSA) is 118 Å². The van der Waals surface area contributed by atoms with Crippen LogP contribution in [0.1, 0.15) is 37.8 Å². The first-order valence-corrected chi connectivity index (χ1v) is 10.5. The lowest BCUT2D eigenvalue weighted by atomic mass is 9.70. The third kappa shape index (κ3) is 4.24. The molecule has 1 N–H and O–H groups in total.